The van der Waals surface area contributed by atoms with E-state index in [-0.39, 0.29) is 0 Å². The monoisotopic (exact) mass is 350 g/mol. The quantitative estimate of drug-likeness (QED) is 0.744. The molecular weight excluding hydrogens is 336 g/mol. The average molecular weight is 348 g/mol. The minimum absolute atomic E-state index is 0.645. The number of rotatable bonds is 2. The molecule has 8 nitrogen and oxygen atoms in total. The molecule has 1 aromatic heterocycles. The van der Waals surface area contributed by atoms with E-state index in [1.54, 1.807) is 0 Å². The summed E-state index contributed by atoms with van der Waals surface area (Å²) >= 11 is -5.52. The van der Waals surface area contributed by atoms with Crippen molar-refractivity contribution in [3.05, 3.63) is 43.0 Å². The predicted molar refractivity (Wildman–Crippen MR) is 60.1 cm³/mol. The number of hydrogen-bond acceptors (Lipinski definition) is 6. The maximum atomic E-state index is 8.85. The Bertz CT molecular complexity index is 544. The molecule has 0 atom stereocenters. The minimum atomic E-state index is -5.52. The van der Waals surface area contributed by atoms with Gasteiger partial charge >= 0.3 is 31.1 Å². The molecule has 9 heteroatoms. The third-order valence-corrected chi connectivity index (χ3v) is 1.92. The van der Waals surface area contributed by atoms with Crippen LogP contribution in [0.25, 0.3) is 0 Å². The van der Waals surface area contributed by atoms with Gasteiger partial charge in [-0.25, -0.2) is 15.0 Å². The summed E-state index contributed by atoms with van der Waals surface area (Å²) < 4.78 is 32.0. The zero-order valence-corrected chi connectivity index (χ0v) is 12.0. The molecule has 1 heterocycles. The maximum absolute atomic E-state index is 8.85. The molecule has 0 saturated carbocycles. The third kappa shape index (κ3) is 6.66. The second kappa shape index (κ2) is 6.98. The van der Waals surface area contributed by atoms with Crippen LogP contribution in [0.1, 0.15) is 0 Å². The first-order chi connectivity index (χ1) is 8.88. The molecule has 0 bridgehead atoms. The summed E-state index contributed by atoms with van der Waals surface area (Å²) in [6.07, 6.45) is 2.98. The Morgan fingerprint density at radius 3 is 2.00 bits per heavy atom. The van der Waals surface area contributed by atoms with Gasteiger partial charge in [-0.05, 0) is 12.1 Å². The van der Waals surface area contributed by atoms with Crippen LogP contribution in [0.4, 0.5) is 11.6 Å². The van der Waals surface area contributed by atoms with E-state index in [4.69, 9.17) is 14.3 Å². The van der Waals surface area contributed by atoms with Gasteiger partial charge in [-0.15, -0.1) is 0 Å². The van der Waals surface area contributed by atoms with Crippen LogP contribution in [0, 0.1) is 0 Å². The van der Waals surface area contributed by atoms with Crippen LogP contribution < -0.4 is 4.90 Å². The van der Waals surface area contributed by atoms with Crippen LogP contribution in [0.3, 0.4) is 0 Å². The van der Waals surface area contributed by atoms with Crippen molar-refractivity contribution in [2.75, 3.05) is 11.9 Å². The molecule has 102 valence electrons. The van der Waals surface area contributed by atoms with Crippen molar-refractivity contribution in [2.45, 2.75) is 0 Å². The number of aromatic nitrogens is 3. The van der Waals surface area contributed by atoms with Crippen LogP contribution in [0.15, 0.2) is 43.0 Å². The Labute approximate surface area is 113 Å². The normalized spacial score (nSPS) is 10.3. The first-order valence-electron chi connectivity index (χ1n) is 4.98. The van der Waals surface area contributed by atoms with Gasteiger partial charge < -0.3 is 4.90 Å². The fourth-order valence-electron chi connectivity index (χ4n) is 1.17. The van der Waals surface area contributed by atoms with Gasteiger partial charge in [0.1, 0.15) is 12.7 Å². The van der Waals surface area contributed by atoms with E-state index in [0.29, 0.717) is 5.95 Å². The Morgan fingerprint density at radius 1 is 1.05 bits per heavy atom. The molecule has 2 rings (SSSR count). The molecular formula is C10H12MoN4O4. The molecule has 19 heavy (non-hydrogen) atoms. The second-order valence-electron chi connectivity index (χ2n) is 3.28. The van der Waals surface area contributed by atoms with Gasteiger partial charge in [-0.1, -0.05) is 18.2 Å². The number of nitrogens with zero attached hydrogens (tertiary/aromatic N) is 4. The SMILES string of the molecule is CN(c1ccccc1)c1ncncn1.[O]=[Mo](=[O])([OH])[OH]. The molecule has 0 aliphatic carbocycles. The van der Waals surface area contributed by atoms with Gasteiger partial charge in [0.2, 0.25) is 5.95 Å². The molecule has 0 spiro atoms. The van der Waals surface area contributed by atoms with Gasteiger partial charge in [0.15, 0.2) is 0 Å². The summed E-state index contributed by atoms with van der Waals surface area (Å²) in [5.41, 5.74) is 1.05. The fraction of sp³-hybridized carbons (Fsp3) is 0.100. The summed E-state index contributed by atoms with van der Waals surface area (Å²) in [6, 6.07) is 9.94. The van der Waals surface area contributed by atoms with E-state index in [1.165, 1.54) is 12.7 Å². The molecule has 0 saturated heterocycles. The zero-order chi connectivity index (χ0) is 14.3. The molecule has 1 aromatic carbocycles. The summed E-state index contributed by atoms with van der Waals surface area (Å²) in [5, 5.41) is 0. The van der Waals surface area contributed by atoms with E-state index < -0.39 is 16.7 Å². The van der Waals surface area contributed by atoms with Crippen LogP contribution >= 0.6 is 0 Å². The van der Waals surface area contributed by atoms with E-state index in [0.717, 1.165) is 5.69 Å². The third-order valence-electron chi connectivity index (χ3n) is 1.92. The predicted octanol–water partition coefficient (Wildman–Crippen LogP) is 0.285. The molecule has 0 radical (unpaired) electrons. The van der Waals surface area contributed by atoms with Gasteiger partial charge in [0.25, 0.3) is 0 Å². The summed E-state index contributed by atoms with van der Waals surface area (Å²) in [7, 11) is 1.92. The summed E-state index contributed by atoms with van der Waals surface area (Å²) in [5.74, 6) is 0.645. The van der Waals surface area contributed by atoms with Gasteiger partial charge in [0, 0.05) is 12.7 Å². The van der Waals surface area contributed by atoms with Crippen molar-refractivity contribution < 1.29 is 31.1 Å². The van der Waals surface area contributed by atoms with E-state index in [2.05, 4.69) is 15.0 Å². The molecule has 0 unspecified atom stereocenters. The van der Waals surface area contributed by atoms with E-state index in [9.17, 15) is 0 Å². The van der Waals surface area contributed by atoms with Crippen molar-refractivity contribution >= 4 is 11.6 Å². The van der Waals surface area contributed by atoms with Gasteiger partial charge in [-0.2, -0.15) is 0 Å². The Hall–Kier alpha value is -1.76. The van der Waals surface area contributed by atoms with Gasteiger partial charge in [-0.3, -0.25) is 0 Å². The Morgan fingerprint density at radius 2 is 1.53 bits per heavy atom. The number of hydrogen-bond donors (Lipinski definition) is 2. The van der Waals surface area contributed by atoms with Crippen LogP contribution in [0.2, 0.25) is 0 Å². The van der Waals surface area contributed by atoms with E-state index >= 15 is 0 Å². The van der Waals surface area contributed by atoms with Crippen molar-refractivity contribution in [2.24, 2.45) is 0 Å². The topological polar surface area (TPSA) is 117 Å². The zero-order valence-electron chi connectivity index (χ0n) is 9.95. The first kappa shape index (κ1) is 15.3. The molecule has 0 fully saturated rings. The van der Waals surface area contributed by atoms with Crippen LogP contribution in [-0.2, 0) is 23.5 Å². The van der Waals surface area contributed by atoms with Crippen LogP contribution in [-0.4, -0.2) is 29.5 Å². The Balaban J connectivity index is 0.000000312. The van der Waals surface area contributed by atoms with Crippen molar-refractivity contribution in [3.8, 4) is 0 Å². The molecule has 2 aromatic rings. The van der Waals surface area contributed by atoms with Gasteiger partial charge in [0.05, 0.1) is 0 Å². The molecule has 2 N–H and O–H groups in total. The second-order valence-corrected chi connectivity index (χ2v) is 5.48. The number of anilines is 2. The first-order valence-corrected chi connectivity index (χ1v) is 8.42. The van der Waals surface area contributed by atoms with Crippen LogP contribution in [0.5, 0.6) is 0 Å². The van der Waals surface area contributed by atoms with E-state index in [1.807, 2.05) is 42.3 Å². The van der Waals surface area contributed by atoms with Crippen molar-refractivity contribution in [1.29, 1.82) is 0 Å². The number of benzene rings is 1. The number of para-hydroxylation sites is 1. The summed E-state index contributed by atoms with van der Waals surface area (Å²) in [4.78, 5) is 13.8. The standard InChI is InChI=1S/C10H10N4.Mo.2H2O.2O/c1-14(9-5-3-2-4-6-9)10-12-7-11-8-13-10;;;;;/h2-8H,1H3;;2*1H2;;/q;+2;;;;/p-2. The van der Waals surface area contributed by atoms with Crippen molar-refractivity contribution in [3.63, 3.8) is 0 Å². The van der Waals surface area contributed by atoms with Crippen molar-refractivity contribution in [1.82, 2.24) is 15.0 Å². The molecule has 0 aliphatic heterocycles. The summed E-state index contributed by atoms with van der Waals surface area (Å²) in [6.45, 7) is 0. The Kier molecular flexibility index (Phi) is 5.62. The fourth-order valence-corrected chi connectivity index (χ4v) is 1.17. The average Bonchev–Trinajstić information content (AvgIpc) is 2.38. The molecule has 0 amide bonds. The molecule has 0 aliphatic rings.